The number of carbonyl (C=O) groups is 1. The van der Waals surface area contributed by atoms with Crippen LogP contribution in [0.1, 0.15) is 24.1 Å². The summed E-state index contributed by atoms with van der Waals surface area (Å²) < 4.78 is 10.9. The third kappa shape index (κ3) is 4.88. The molecule has 1 amide bonds. The topological polar surface area (TPSA) is 47.6 Å². The molecule has 138 valence electrons. The summed E-state index contributed by atoms with van der Waals surface area (Å²) in [6.07, 6.45) is -0.631. The minimum Gasteiger partial charge on any atom is -0.497 e. The standard InChI is InChI=1S/C23H23NO3/c1-17(27-21-15-13-20(26-2)14-16-21)23(25)24-22(18-9-5-3-6-10-18)19-11-7-4-8-12-19/h3-17,22H,1-2H3,(H,24,25). The van der Waals surface area contributed by atoms with Crippen molar-refractivity contribution >= 4 is 5.91 Å². The van der Waals surface area contributed by atoms with E-state index in [9.17, 15) is 4.79 Å². The van der Waals surface area contributed by atoms with Crippen molar-refractivity contribution in [3.8, 4) is 11.5 Å². The number of ether oxygens (including phenoxy) is 2. The van der Waals surface area contributed by atoms with Gasteiger partial charge in [-0.3, -0.25) is 4.79 Å². The Bertz CT molecular complexity index is 808. The highest BCUT2D eigenvalue weighted by Crippen LogP contribution is 2.23. The molecule has 1 unspecified atom stereocenters. The van der Waals surface area contributed by atoms with Crippen LogP contribution in [0, 0.1) is 0 Å². The van der Waals surface area contributed by atoms with E-state index in [2.05, 4.69) is 5.32 Å². The molecule has 0 bridgehead atoms. The molecule has 3 rings (SSSR count). The van der Waals surface area contributed by atoms with Crippen molar-refractivity contribution in [1.29, 1.82) is 0 Å². The van der Waals surface area contributed by atoms with Gasteiger partial charge in [0.15, 0.2) is 6.10 Å². The molecule has 0 aliphatic rings. The van der Waals surface area contributed by atoms with Gasteiger partial charge < -0.3 is 14.8 Å². The van der Waals surface area contributed by atoms with Gasteiger partial charge in [0, 0.05) is 0 Å². The second-order valence-electron chi connectivity index (χ2n) is 6.20. The molecule has 1 N–H and O–H groups in total. The van der Waals surface area contributed by atoms with Crippen LogP contribution in [-0.2, 0) is 4.79 Å². The Morgan fingerprint density at radius 3 is 1.74 bits per heavy atom. The van der Waals surface area contributed by atoms with E-state index in [0.29, 0.717) is 5.75 Å². The second-order valence-corrected chi connectivity index (χ2v) is 6.20. The smallest absolute Gasteiger partial charge is 0.261 e. The average Bonchev–Trinajstić information content (AvgIpc) is 2.73. The summed E-state index contributed by atoms with van der Waals surface area (Å²) in [5.74, 6) is 1.19. The van der Waals surface area contributed by atoms with Crippen molar-refractivity contribution in [2.45, 2.75) is 19.1 Å². The van der Waals surface area contributed by atoms with Crippen LogP contribution < -0.4 is 14.8 Å². The first-order chi connectivity index (χ1) is 13.2. The van der Waals surface area contributed by atoms with E-state index in [1.807, 2.05) is 60.7 Å². The Balaban J connectivity index is 1.73. The maximum absolute atomic E-state index is 12.8. The first-order valence-corrected chi connectivity index (χ1v) is 8.88. The van der Waals surface area contributed by atoms with Crippen LogP contribution in [0.25, 0.3) is 0 Å². The van der Waals surface area contributed by atoms with E-state index in [4.69, 9.17) is 9.47 Å². The highest BCUT2D eigenvalue weighted by atomic mass is 16.5. The van der Waals surface area contributed by atoms with Gasteiger partial charge >= 0.3 is 0 Å². The van der Waals surface area contributed by atoms with Crippen molar-refractivity contribution < 1.29 is 14.3 Å². The van der Waals surface area contributed by atoms with E-state index < -0.39 is 6.10 Å². The molecule has 4 heteroatoms. The minimum atomic E-state index is -0.631. The van der Waals surface area contributed by atoms with Crippen molar-refractivity contribution in [3.05, 3.63) is 96.1 Å². The maximum Gasteiger partial charge on any atom is 0.261 e. The zero-order valence-corrected chi connectivity index (χ0v) is 15.5. The lowest BCUT2D eigenvalue weighted by atomic mass is 9.98. The summed E-state index contributed by atoms with van der Waals surface area (Å²) in [7, 11) is 1.61. The van der Waals surface area contributed by atoms with Gasteiger partial charge in [0.1, 0.15) is 11.5 Å². The molecule has 1 atom stereocenters. The van der Waals surface area contributed by atoms with Gasteiger partial charge in [-0.1, -0.05) is 60.7 Å². The highest BCUT2D eigenvalue weighted by molar-refractivity contribution is 5.81. The first kappa shape index (κ1) is 18.5. The van der Waals surface area contributed by atoms with Crippen LogP contribution in [0.15, 0.2) is 84.9 Å². The number of methoxy groups -OCH3 is 1. The summed E-state index contributed by atoms with van der Waals surface area (Å²) in [6.45, 7) is 1.74. The summed E-state index contributed by atoms with van der Waals surface area (Å²) in [5.41, 5.74) is 2.04. The molecule has 0 aliphatic heterocycles. The summed E-state index contributed by atoms with van der Waals surface area (Å²) in [4.78, 5) is 12.8. The molecule has 0 heterocycles. The van der Waals surface area contributed by atoms with Crippen molar-refractivity contribution in [2.75, 3.05) is 7.11 Å². The fraction of sp³-hybridized carbons (Fsp3) is 0.174. The Morgan fingerprint density at radius 2 is 1.26 bits per heavy atom. The number of amides is 1. The fourth-order valence-electron chi connectivity index (χ4n) is 2.82. The van der Waals surface area contributed by atoms with Gasteiger partial charge in [-0.05, 0) is 42.3 Å². The molecular weight excluding hydrogens is 338 g/mol. The lowest BCUT2D eigenvalue weighted by Crippen LogP contribution is -2.39. The number of benzene rings is 3. The number of hydrogen-bond acceptors (Lipinski definition) is 3. The summed E-state index contributed by atoms with van der Waals surface area (Å²) in [5, 5.41) is 3.10. The molecule has 0 fully saturated rings. The second kappa shape index (κ2) is 8.90. The van der Waals surface area contributed by atoms with Gasteiger partial charge in [-0.25, -0.2) is 0 Å². The molecule has 0 radical (unpaired) electrons. The molecule has 0 aliphatic carbocycles. The third-order valence-corrected chi connectivity index (χ3v) is 4.29. The number of hydrogen-bond donors (Lipinski definition) is 1. The molecule has 0 aromatic heterocycles. The van der Waals surface area contributed by atoms with Gasteiger partial charge in [-0.15, -0.1) is 0 Å². The van der Waals surface area contributed by atoms with E-state index in [1.165, 1.54) is 0 Å². The van der Waals surface area contributed by atoms with Gasteiger partial charge in [-0.2, -0.15) is 0 Å². The van der Waals surface area contributed by atoms with Crippen LogP contribution in [0.5, 0.6) is 11.5 Å². The lowest BCUT2D eigenvalue weighted by molar-refractivity contribution is -0.127. The predicted octanol–water partition coefficient (Wildman–Crippen LogP) is 4.37. The number of carbonyl (C=O) groups excluding carboxylic acids is 1. The molecule has 3 aromatic rings. The van der Waals surface area contributed by atoms with Crippen molar-refractivity contribution in [2.24, 2.45) is 0 Å². The Hall–Kier alpha value is -3.27. The lowest BCUT2D eigenvalue weighted by Gasteiger charge is -2.22. The van der Waals surface area contributed by atoms with Crippen molar-refractivity contribution in [1.82, 2.24) is 5.32 Å². The van der Waals surface area contributed by atoms with Crippen LogP contribution in [0.2, 0.25) is 0 Å². The van der Waals surface area contributed by atoms with Crippen molar-refractivity contribution in [3.63, 3.8) is 0 Å². The quantitative estimate of drug-likeness (QED) is 0.680. The van der Waals surface area contributed by atoms with Gasteiger partial charge in [0.25, 0.3) is 5.91 Å². The van der Waals surface area contributed by atoms with E-state index in [1.54, 1.807) is 38.3 Å². The summed E-state index contributed by atoms with van der Waals surface area (Å²) in [6, 6.07) is 26.8. The molecule has 4 nitrogen and oxygen atoms in total. The molecule has 0 spiro atoms. The Kier molecular flexibility index (Phi) is 6.10. The zero-order valence-electron chi connectivity index (χ0n) is 15.5. The first-order valence-electron chi connectivity index (χ1n) is 8.88. The Labute approximate surface area is 159 Å². The Morgan fingerprint density at radius 1 is 0.778 bits per heavy atom. The zero-order chi connectivity index (χ0) is 19.1. The normalized spacial score (nSPS) is 11.7. The molecule has 27 heavy (non-hydrogen) atoms. The molecular formula is C23H23NO3. The fourth-order valence-corrected chi connectivity index (χ4v) is 2.82. The monoisotopic (exact) mass is 361 g/mol. The van der Waals surface area contributed by atoms with Crippen LogP contribution >= 0.6 is 0 Å². The molecule has 0 saturated heterocycles. The summed E-state index contributed by atoms with van der Waals surface area (Å²) >= 11 is 0. The van der Waals surface area contributed by atoms with E-state index in [-0.39, 0.29) is 11.9 Å². The predicted molar refractivity (Wildman–Crippen MR) is 106 cm³/mol. The van der Waals surface area contributed by atoms with Crippen LogP contribution in [0.4, 0.5) is 0 Å². The molecule has 0 saturated carbocycles. The number of rotatable bonds is 7. The van der Waals surface area contributed by atoms with Gasteiger partial charge in [0.2, 0.25) is 0 Å². The average molecular weight is 361 g/mol. The van der Waals surface area contributed by atoms with Gasteiger partial charge in [0.05, 0.1) is 13.2 Å². The maximum atomic E-state index is 12.8. The molecule has 3 aromatic carbocycles. The minimum absolute atomic E-state index is 0.177. The largest absolute Gasteiger partial charge is 0.497 e. The number of nitrogens with one attached hydrogen (secondary N) is 1. The van der Waals surface area contributed by atoms with Crippen LogP contribution in [0.3, 0.4) is 0 Å². The SMILES string of the molecule is COc1ccc(OC(C)C(=O)NC(c2ccccc2)c2ccccc2)cc1. The third-order valence-electron chi connectivity index (χ3n) is 4.29. The van der Waals surface area contributed by atoms with Crippen LogP contribution in [-0.4, -0.2) is 19.1 Å². The van der Waals surface area contributed by atoms with E-state index >= 15 is 0 Å². The van der Waals surface area contributed by atoms with E-state index in [0.717, 1.165) is 16.9 Å². The highest BCUT2D eigenvalue weighted by Gasteiger charge is 2.21.